The summed E-state index contributed by atoms with van der Waals surface area (Å²) in [5.41, 5.74) is 4.53. The van der Waals surface area contributed by atoms with E-state index in [0.29, 0.717) is 18.4 Å². The lowest BCUT2D eigenvalue weighted by molar-refractivity contribution is -0.137. The van der Waals surface area contributed by atoms with Gasteiger partial charge in [-0.25, -0.2) is 0 Å². The fourth-order valence-corrected chi connectivity index (χ4v) is 2.33. The summed E-state index contributed by atoms with van der Waals surface area (Å²) >= 11 is 0. The summed E-state index contributed by atoms with van der Waals surface area (Å²) in [6.07, 6.45) is -2.96. The van der Waals surface area contributed by atoms with Gasteiger partial charge in [0.1, 0.15) is 0 Å². The number of carbonyl (C=O) groups is 2. The molecule has 1 aliphatic rings. The van der Waals surface area contributed by atoms with Crippen molar-refractivity contribution in [2.24, 2.45) is 5.73 Å². The molecule has 5 nitrogen and oxygen atoms in total. The minimum Gasteiger partial charge on any atom is -0.354 e. The zero-order valence-electron chi connectivity index (χ0n) is 12.4. The summed E-state index contributed by atoms with van der Waals surface area (Å²) in [4.78, 5) is 22.6. The van der Waals surface area contributed by atoms with Crippen LogP contribution in [0.5, 0.6) is 0 Å². The van der Waals surface area contributed by atoms with Crippen molar-refractivity contribution in [2.75, 3.05) is 19.6 Å². The number of carbonyl (C=O) groups excluding carboxylic acids is 2. The monoisotopic (exact) mass is 329 g/mol. The molecular formula is C15H18F3N3O2. The largest absolute Gasteiger partial charge is 0.416 e. The van der Waals surface area contributed by atoms with Gasteiger partial charge in [0.15, 0.2) is 0 Å². The fourth-order valence-electron chi connectivity index (χ4n) is 2.33. The van der Waals surface area contributed by atoms with Gasteiger partial charge in [0.05, 0.1) is 18.7 Å². The Bertz CT molecular complexity index is 598. The molecule has 1 aromatic carbocycles. The molecule has 1 aromatic rings. The topological polar surface area (TPSA) is 84.2 Å². The number of amides is 2. The summed E-state index contributed by atoms with van der Waals surface area (Å²) in [7, 11) is 0. The molecular weight excluding hydrogens is 311 g/mol. The fraction of sp³-hybridized carbons (Fsp3) is 0.467. The third kappa shape index (κ3) is 4.44. The van der Waals surface area contributed by atoms with Crippen LogP contribution in [-0.4, -0.2) is 31.4 Å². The lowest BCUT2D eigenvalue weighted by Crippen LogP contribution is -2.41. The Morgan fingerprint density at radius 3 is 2.43 bits per heavy atom. The third-order valence-electron chi connectivity index (χ3n) is 3.91. The Labute approximate surface area is 131 Å². The molecule has 0 saturated heterocycles. The molecule has 23 heavy (non-hydrogen) atoms. The van der Waals surface area contributed by atoms with Crippen LogP contribution in [0.2, 0.25) is 0 Å². The van der Waals surface area contributed by atoms with Gasteiger partial charge in [-0.2, -0.15) is 13.2 Å². The van der Waals surface area contributed by atoms with Gasteiger partial charge in [0, 0.05) is 12.0 Å². The summed E-state index contributed by atoms with van der Waals surface area (Å²) < 4.78 is 38.3. The average molecular weight is 329 g/mol. The SMILES string of the molecule is NCC(=O)NCC(=O)NCC1(c2cccc(C(F)(F)F)c2)CC1. The highest BCUT2D eigenvalue weighted by molar-refractivity contribution is 5.85. The van der Waals surface area contributed by atoms with Crippen LogP contribution in [0.1, 0.15) is 24.0 Å². The normalized spacial score (nSPS) is 15.8. The Morgan fingerprint density at radius 2 is 1.87 bits per heavy atom. The quantitative estimate of drug-likeness (QED) is 0.726. The lowest BCUT2D eigenvalue weighted by atomic mass is 9.94. The molecule has 0 unspecified atom stereocenters. The number of nitrogens with one attached hydrogen (secondary N) is 2. The van der Waals surface area contributed by atoms with Crippen molar-refractivity contribution in [1.82, 2.24) is 10.6 Å². The van der Waals surface area contributed by atoms with Gasteiger partial charge in [-0.1, -0.05) is 18.2 Å². The van der Waals surface area contributed by atoms with Crippen molar-refractivity contribution in [1.29, 1.82) is 0 Å². The number of nitrogens with two attached hydrogens (primary N) is 1. The highest BCUT2D eigenvalue weighted by Gasteiger charge is 2.45. The molecule has 126 valence electrons. The first kappa shape index (κ1) is 17.3. The van der Waals surface area contributed by atoms with E-state index in [4.69, 9.17) is 5.73 Å². The Kier molecular flexibility index (Phi) is 4.93. The second-order valence-electron chi connectivity index (χ2n) is 5.62. The maximum absolute atomic E-state index is 12.8. The van der Waals surface area contributed by atoms with Crippen LogP contribution in [-0.2, 0) is 21.2 Å². The van der Waals surface area contributed by atoms with E-state index in [1.54, 1.807) is 6.07 Å². The summed E-state index contributed by atoms with van der Waals surface area (Å²) in [6, 6.07) is 5.18. The van der Waals surface area contributed by atoms with Crippen LogP contribution in [0.4, 0.5) is 13.2 Å². The maximum atomic E-state index is 12.8. The Balaban J connectivity index is 1.95. The minimum absolute atomic E-state index is 0.200. The van der Waals surface area contributed by atoms with E-state index in [9.17, 15) is 22.8 Å². The highest BCUT2D eigenvalue weighted by Crippen LogP contribution is 2.48. The van der Waals surface area contributed by atoms with E-state index in [1.807, 2.05) is 0 Å². The maximum Gasteiger partial charge on any atom is 0.416 e. The van der Waals surface area contributed by atoms with Gasteiger partial charge in [-0.05, 0) is 24.5 Å². The average Bonchev–Trinajstić information content (AvgIpc) is 3.31. The predicted molar refractivity (Wildman–Crippen MR) is 77.4 cm³/mol. The number of rotatable bonds is 6. The first-order chi connectivity index (χ1) is 10.8. The summed E-state index contributed by atoms with van der Waals surface area (Å²) in [5, 5.41) is 4.98. The Hall–Kier alpha value is -2.09. The van der Waals surface area contributed by atoms with E-state index in [-0.39, 0.29) is 19.6 Å². The zero-order valence-corrected chi connectivity index (χ0v) is 12.4. The first-order valence-electron chi connectivity index (χ1n) is 7.18. The molecule has 1 fully saturated rings. The van der Waals surface area contributed by atoms with Crippen molar-refractivity contribution < 1.29 is 22.8 Å². The number of hydrogen-bond acceptors (Lipinski definition) is 3. The smallest absolute Gasteiger partial charge is 0.354 e. The predicted octanol–water partition coefficient (Wildman–Crippen LogP) is 0.928. The Morgan fingerprint density at radius 1 is 1.17 bits per heavy atom. The molecule has 1 aliphatic carbocycles. The molecule has 2 rings (SSSR count). The van der Waals surface area contributed by atoms with Crippen molar-refractivity contribution in [3.63, 3.8) is 0 Å². The third-order valence-corrected chi connectivity index (χ3v) is 3.91. The molecule has 1 saturated carbocycles. The number of hydrogen-bond donors (Lipinski definition) is 3. The van der Waals surface area contributed by atoms with Gasteiger partial charge >= 0.3 is 6.18 Å². The highest BCUT2D eigenvalue weighted by atomic mass is 19.4. The molecule has 0 radical (unpaired) electrons. The second kappa shape index (κ2) is 6.57. The van der Waals surface area contributed by atoms with Crippen LogP contribution in [0.15, 0.2) is 24.3 Å². The van der Waals surface area contributed by atoms with Gasteiger partial charge in [-0.3, -0.25) is 9.59 Å². The molecule has 0 spiro atoms. The van der Waals surface area contributed by atoms with Gasteiger partial charge < -0.3 is 16.4 Å². The standard InChI is InChI=1S/C15H18F3N3O2/c16-15(17,18)11-3-1-2-10(6-11)14(4-5-14)9-21-13(23)8-20-12(22)7-19/h1-3,6H,4-5,7-9,19H2,(H,20,22)(H,21,23). The van der Waals surface area contributed by atoms with E-state index < -0.39 is 29.0 Å². The molecule has 0 atom stereocenters. The van der Waals surface area contributed by atoms with Crippen LogP contribution in [0, 0.1) is 0 Å². The molecule has 0 aliphatic heterocycles. The molecule has 2 amide bonds. The van der Waals surface area contributed by atoms with Crippen molar-refractivity contribution >= 4 is 11.8 Å². The second-order valence-corrected chi connectivity index (χ2v) is 5.62. The van der Waals surface area contributed by atoms with E-state index >= 15 is 0 Å². The van der Waals surface area contributed by atoms with Crippen LogP contribution in [0.3, 0.4) is 0 Å². The minimum atomic E-state index is -4.39. The molecule has 4 N–H and O–H groups in total. The van der Waals surface area contributed by atoms with Crippen LogP contribution in [0.25, 0.3) is 0 Å². The lowest BCUT2D eigenvalue weighted by Gasteiger charge is -2.18. The number of alkyl halides is 3. The molecule has 0 bridgehead atoms. The molecule has 8 heteroatoms. The van der Waals surface area contributed by atoms with Gasteiger partial charge in [-0.15, -0.1) is 0 Å². The van der Waals surface area contributed by atoms with E-state index in [2.05, 4.69) is 10.6 Å². The summed E-state index contributed by atoms with van der Waals surface area (Å²) in [6.45, 7) is -0.165. The molecule has 0 aromatic heterocycles. The van der Waals surface area contributed by atoms with Crippen molar-refractivity contribution in [3.05, 3.63) is 35.4 Å². The number of halogens is 3. The first-order valence-corrected chi connectivity index (χ1v) is 7.18. The van der Waals surface area contributed by atoms with Crippen LogP contribution >= 0.6 is 0 Å². The van der Waals surface area contributed by atoms with Crippen molar-refractivity contribution in [2.45, 2.75) is 24.4 Å². The number of benzene rings is 1. The molecule has 0 heterocycles. The van der Waals surface area contributed by atoms with E-state index in [1.165, 1.54) is 6.07 Å². The van der Waals surface area contributed by atoms with Gasteiger partial charge in [0.2, 0.25) is 11.8 Å². The zero-order chi connectivity index (χ0) is 17.1. The van der Waals surface area contributed by atoms with Gasteiger partial charge in [0.25, 0.3) is 0 Å². The van der Waals surface area contributed by atoms with E-state index in [0.717, 1.165) is 12.1 Å². The summed E-state index contributed by atoms with van der Waals surface area (Å²) in [5.74, 6) is -0.843. The van der Waals surface area contributed by atoms with Crippen LogP contribution < -0.4 is 16.4 Å². The van der Waals surface area contributed by atoms with Crippen molar-refractivity contribution in [3.8, 4) is 0 Å².